The van der Waals surface area contributed by atoms with Crippen LogP contribution in [0.1, 0.15) is 63.0 Å². The zero-order chi connectivity index (χ0) is 19.4. The molecule has 0 radical (unpaired) electrons. The third-order valence-electron chi connectivity index (χ3n) is 8.66. The summed E-state index contributed by atoms with van der Waals surface area (Å²) in [7, 11) is 0. The number of carbonyl (C=O) groups is 1. The molecule has 0 aromatic heterocycles. The van der Waals surface area contributed by atoms with Gasteiger partial charge in [-0.25, -0.2) is 0 Å². The molecule has 1 heterocycles. The molecule has 1 amide bonds. The highest BCUT2D eigenvalue weighted by atomic mass is 16.2. The standard InChI is InChI=1S/C25H32N2O/c1-14(2)16-8-6-15(7-9-16)12-17-10-11-19-22-18(17)4-3-5-20(22)24-23(19)21(13-26)25(28)27-24/h6-9,14,17-24H,3-5,10-12H2,1-2H3,(H,27,28). The van der Waals surface area contributed by atoms with E-state index in [2.05, 4.69) is 49.5 Å². The van der Waals surface area contributed by atoms with E-state index in [0.29, 0.717) is 17.8 Å². The van der Waals surface area contributed by atoms with Gasteiger partial charge in [0.25, 0.3) is 0 Å². The van der Waals surface area contributed by atoms with Crippen molar-refractivity contribution < 1.29 is 4.79 Å². The molecule has 28 heavy (non-hydrogen) atoms. The summed E-state index contributed by atoms with van der Waals surface area (Å²) in [6.45, 7) is 4.51. The Hall–Kier alpha value is -1.82. The smallest absolute Gasteiger partial charge is 0.237 e. The fourth-order valence-corrected chi connectivity index (χ4v) is 7.54. The zero-order valence-electron chi connectivity index (χ0n) is 17.1. The van der Waals surface area contributed by atoms with Crippen LogP contribution in [-0.2, 0) is 11.2 Å². The minimum Gasteiger partial charge on any atom is -0.352 e. The molecule has 1 aliphatic heterocycles. The maximum absolute atomic E-state index is 12.3. The van der Waals surface area contributed by atoms with Crippen molar-refractivity contribution in [3.05, 3.63) is 35.4 Å². The summed E-state index contributed by atoms with van der Waals surface area (Å²) in [6.07, 6.45) is 7.55. The molecule has 8 atom stereocenters. The summed E-state index contributed by atoms with van der Waals surface area (Å²) in [6, 6.07) is 11.9. The summed E-state index contributed by atoms with van der Waals surface area (Å²) in [5, 5.41) is 12.9. The lowest BCUT2D eigenvalue weighted by molar-refractivity contribution is -0.122. The van der Waals surface area contributed by atoms with E-state index in [-0.39, 0.29) is 17.9 Å². The lowest BCUT2D eigenvalue weighted by Crippen LogP contribution is -2.43. The van der Waals surface area contributed by atoms with Gasteiger partial charge < -0.3 is 5.32 Å². The Kier molecular flexibility index (Phi) is 4.49. The number of hydrogen-bond acceptors (Lipinski definition) is 2. The fraction of sp³-hybridized carbons (Fsp3) is 0.680. The van der Waals surface area contributed by atoms with E-state index in [9.17, 15) is 10.1 Å². The van der Waals surface area contributed by atoms with Gasteiger partial charge in [0, 0.05) is 12.0 Å². The molecule has 1 N–H and O–H groups in total. The molecule has 148 valence electrons. The highest BCUT2D eigenvalue weighted by molar-refractivity contribution is 5.84. The van der Waals surface area contributed by atoms with Gasteiger partial charge in [0.05, 0.1) is 6.07 Å². The summed E-state index contributed by atoms with van der Waals surface area (Å²) < 4.78 is 0. The summed E-state index contributed by atoms with van der Waals surface area (Å²) in [5.41, 5.74) is 2.91. The van der Waals surface area contributed by atoms with Crippen molar-refractivity contribution in [3.63, 3.8) is 0 Å². The topological polar surface area (TPSA) is 52.9 Å². The predicted molar refractivity (Wildman–Crippen MR) is 109 cm³/mol. The Morgan fingerprint density at radius 1 is 1.04 bits per heavy atom. The van der Waals surface area contributed by atoms with Gasteiger partial charge in [-0.15, -0.1) is 0 Å². The van der Waals surface area contributed by atoms with Crippen molar-refractivity contribution >= 4 is 5.91 Å². The first-order valence-electron chi connectivity index (χ1n) is 11.4. The Bertz CT molecular complexity index is 792. The van der Waals surface area contributed by atoms with Gasteiger partial charge in [0.15, 0.2) is 0 Å². The molecule has 3 nitrogen and oxygen atoms in total. The number of rotatable bonds is 3. The number of nitriles is 1. The second kappa shape index (κ2) is 6.90. The van der Waals surface area contributed by atoms with Crippen molar-refractivity contribution in [3.8, 4) is 6.07 Å². The Balaban J connectivity index is 1.37. The van der Waals surface area contributed by atoms with Crippen molar-refractivity contribution in [2.45, 2.75) is 64.3 Å². The minimum atomic E-state index is -0.402. The van der Waals surface area contributed by atoms with Crippen molar-refractivity contribution in [2.24, 2.45) is 41.4 Å². The second-order valence-electron chi connectivity index (χ2n) is 10.2. The highest BCUT2D eigenvalue weighted by Gasteiger charge is 2.62. The van der Waals surface area contributed by atoms with E-state index >= 15 is 0 Å². The van der Waals surface area contributed by atoms with E-state index < -0.39 is 5.92 Å². The first-order chi connectivity index (χ1) is 13.6. The maximum atomic E-state index is 12.3. The Morgan fingerprint density at radius 2 is 1.79 bits per heavy atom. The molecule has 8 unspecified atom stereocenters. The monoisotopic (exact) mass is 376 g/mol. The Morgan fingerprint density at radius 3 is 2.50 bits per heavy atom. The largest absolute Gasteiger partial charge is 0.352 e. The minimum absolute atomic E-state index is 0.00504. The first-order valence-corrected chi connectivity index (χ1v) is 11.4. The van der Waals surface area contributed by atoms with E-state index in [1.165, 1.54) is 49.7 Å². The molecule has 1 saturated heterocycles. The fourth-order valence-electron chi connectivity index (χ4n) is 7.54. The number of hydrogen-bond donors (Lipinski definition) is 1. The van der Waals surface area contributed by atoms with Gasteiger partial charge in [-0.1, -0.05) is 44.5 Å². The van der Waals surface area contributed by atoms with Crippen LogP contribution in [0.2, 0.25) is 0 Å². The predicted octanol–water partition coefficient (Wildman–Crippen LogP) is 4.68. The van der Waals surface area contributed by atoms with Gasteiger partial charge in [-0.3, -0.25) is 4.79 Å². The van der Waals surface area contributed by atoms with Crippen LogP contribution in [0, 0.1) is 52.8 Å². The van der Waals surface area contributed by atoms with Gasteiger partial charge in [0.2, 0.25) is 5.91 Å². The summed E-state index contributed by atoms with van der Waals surface area (Å²) in [5.74, 6) is 3.95. The van der Waals surface area contributed by atoms with Crippen LogP contribution >= 0.6 is 0 Å². The Labute approximate surface area is 168 Å². The van der Waals surface area contributed by atoms with Crippen molar-refractivity contribution in [1.29, 1.82) is 5.26 Å². The van der Waals surface area contributed by atoms with Crippen molar-refractivity contribution in [2.75, 3.05) is 0 Å². The van der Waals surface area contributed by atoms with Crippen LogP contribution in [0.3, 0.4) is 0 Å². The SMILES string of the molecule is CC(C)c1ccc(CC2CCC3C4C2CCCC4C2NC(=O)C(C#N)C32)cc1. The van der Waals surface area contributed by atoms with Crippen LogP contribution in [0.25, 0.3) is 0 Å². The molecule has 0 bridgehead atoms. The van der Waals surface area contributed by atoms with Crippen LogP contribution in [0.15, 0.2) is 24.3 Å². The number of nitrogens with zero attached hydrogens (tertiary/aromatic N) is 1. The highest BCUT2D eigenvalue weighted by Crippen LogP contribution is 2.61. The van der Waals surface area contributed by atoms with Crippen molar-refractivity contribution in [1.82, 2.24) is 5.32 Å². The van der Waals surface area contributed by atoms with Crippen LogP contribution < -0.4 is 5.32 Å². The average molecular weight is 377 g/mol. The molecular weight excluding hydrogens is 344 g/mol. The van der Waals surface area contributed by atoms with Gasteiger partial charge >= 0.3 is 0 Å². The normalized spacial score (nSPS) is 41.3. The molecule has 1 aromatic rings. The molecule has 0 spiro atoms. The number of carbonyl (C=O) groups excluding carboxylic acids is 1. The molecular formula is C25H32N2O. The quantitative estimate of drug-likeness (QED) is 0.833. The number of benzene rings is 1. The van der Waals surface area contributed by atoms with Gasteiger partial charge in [-0.2, -0.15) is 5.26 Å². The zero-order valence-corrected chi connectivity index (χ0v) is 17.1. The molecule has 1 aromatic carbocycles. The molecule has 4 aliphatic rings. The van der Waals surface area contributed by atoms with Crippen LogP contribution in [-0.4, -0.2) is 11.9 Å². The third kappa shape index (κ3) is 2.71. The number of fused-ring (bicyclic) bond motifs is 3. The summed E-state index contributed by atoms with van der Waals surface area (Å²) >= 11 is 0. The molecule has 4 fully saturated rings. The summed E-state index contributed by atoms with van der Waals surface area (Å²) in [4.78, 5) is 12.3. The maximum Gasteiger partial charge on any atom is 0.237 e. The average Bonchev–Trinajstić information content (AvgIpc) is 3.19. The number of amides is 1. The molecule has 3 heteroatoms. The molecule has 5 rings (SSSR count). The van der Waals surface area contributed by atoms with E-state index in [1.54, 1.807) is 0 Å². The van der Waals surface area contributed by atoms with Crippen LogP contribution in [0.4, 0.5) is 0 Å². The van der Waals surface area contributed by atoms with Gasteiger partial charge in [-0.05, 0) is 78.7 Å². The lowest BCUT2D eigenvalue weighted by Gasteiger charge is -2.47. The molecule has 3 saturated carbocycles. The second-order valence-corrected chi connectivity index (χ2v) is 10.2. The third-order valence-corrected chi connectivity index (χ3v) is 8.66. The molecule has 3 aliphatic carbocycles. The van der Waals surface area contributed by atoms with E-state index in [4.69, 9.17) is 0 Å². The van der Waals surface area contributed by atoms with E-state index in [0.717, 1.165) is 17.8 Å². The lowest BCUT2D eigenvalue weighted by atomic mass is 9.58. The van der Waals surface area contributed by atoms with Crippen LogP contribution in [0.5, 0.6) is 0 Å². The number of nitrogens with one attached hydrogen (secondary N) is 1. The van der Waals surface area contributed by atoms with Gasteiger partial charge in [0.1, 0.15) is 5.92 Å². The first kappa shape index (κ1) is 18.2. The van der Waals surface area contributed by atoms with E-state index in [1.807, 2.05) is 0 Å².